The first-order chi connectivity index (χ1) is 10.9. The Bertz CT molecular complexity index is 738. The molecule has 0 aliphatic carbocycles. The van der Waals surface area contributed by atoms with Crippen LogP contribution in [0.25, 0.3) is 0 Å². The molecule has 0 unspecified atom stereocenters. The highest BCUT2D eigenvalue weighted by molar-refractivity contribution is 9.10. The van der Waals surface area contributed by atoms with E-state index in [9.17, 15) is 9.18 Å². The number of hydrogen-bond donors (Lipinski definition) is 0. The van der Waals surface area contributed by atoms with E-state index in [4.69, 9.17) is 32.7 Å². The van der Waals surface area contributed by atoms with Crippen molar-refractivity contribution >= 4 is 44.4 Å². The van der Waals surface area contributed by atoms with E-state index in [1.165, 1.54) is 18.2 Å². The average molecular weight is 422 g/mol. The summed E-state index contributed by atoms with van der Waals surface area (Å²) in [5, 5.41) is -0.327. The standard InChI is InChI=1S/C16H12BrCl2FO3/c1-2-22-14-6-10(16(19)21)5-12(17)15(14)23-8-9-3-4-11(20)7-13(9)18/h3-7H,2,8H2,1H3. The van der Waals surface area contributed by atoms with E-state index < -0.39 is 11.1 Å². The topological polar surface area (TPSA) is 35.5 Å². The molecule has 0 aliphatic heterocycles. The van der Waals surface area contributed by atoms with Gasteiger partial charge in [-0.25, -0.2) is 4.39 Å². The molecule has 0 fully saturated rings. The molecule has 0 N–H and O–H groups in total. The highest BCUT2D eigenvalue weighted by atomic mass is 79.9. The van der Waals surface area contributed by atoms with Crippen LogP contribution in [0.3, 0.4) is 0 Å². The van der Waals surface area contributed by atoms with E-state index in [2.05, 4.69) is 15.9 Å². The first-order valence-corrected chi connectivity index (χ1v) is 8.20. The van der Waals surface area contributed by atoms with E-state index in [1.54, 1.807) is 12.1 Å². The molecule has 0 aliphatic rings. The summed E-state index contributed by atoms with van der Waals surface area (Å²) in [6, 6.07) is 7.11. The van der Waals surface area contributed by atoms with E-state index >= 15 is 0 Å². The Morgan fingerprint density at radius 2 is 2.00 bits per heavy atom. The molecule has 0 heterocycles. The maximum absolute atomic E-state index is 13.1. The van der Waals surface area contributed by atoms with Crippen molar-refractivity contribution in [3.63, 3.8) is 0 Å². The zero-order chi connectivity index (χ0) is 17.0. The minimum absolute atomic E-state index is 0.117. The van der Waals surface area contributed by atoms with Crippen molar-refractivity contribution in [2.45, 2.75) is 13.5 Å². The lowest BCUT2D eigenvalue weighted by Crippen LogP contribution is -2.03. The molecule has 0 radical (unpaired) electrons. The summed E-state index contributed by atoms with van der Waals surface area (Å²) < 4.78 is 24.8. The van der Waals surface area contributed by atoms with Crippen LogP contribution in [-0.2, 0) is 6.61 Å². The third-order valence-electron chi connectivity index (χ3n) is 2.92. The predicted octanol–water partition coefficient (Wildman–Crippen LogP) is 5.60. The third-order valence-corrected chi connectivity index (χ3v) is 4.08. The molecular formula is C16H12BrCl2FO3. The van der Waals surface area contributed by atoms with Crippen molar-refractivity contribution in [1.82, 2.24) is 0 Å². The van der Waals surface area contributed by atoms with Crippen LogP contribution < -0.4 is 9.47 Å². The minimum atomic E-state index is -0.597. The molecule has 2 rings (SSSR count). The van der Waals surface area contributed by atoms with Gasteiger partial charge >= 0.3 is 0 Å². The first kappa shape index (κ1) is 18.0. The molecule has 23 heavy (non-hydrogen) atoms. The van der Waals surface area contributed by atoms with Crippen molar-refractivity contribution in [3.05, 3.63) is 56.8 Å². The monoisotopic (exact) mass is 420 g/mol. The van der Waals surface area contributed by atoms with Gasteiger partial charge in [-0.1, -0.05) is 17.7 Å². The Morgan fingerprint density at radius 3 is 2.61 bits per heavy atom. The summed E-state index contributed by atoms with van der Waals surface area (Å²) in [5.41, 5.74) is 0.911. The summed E-state index contributed by atoms with van der Waals surface area (Å²) in [6.07, 6.45) is 0. The zero-order valence-electron chi connectivity index (χ0n) is 12.0. The average Bonchev–Trinajstić information content (AvgIpc) is 2.48. The molecule has 2 aromatic rings. The number of rotatable bonds is 6. The van der Waals surface area contributed by atoms with Crippen LogP contribution in [0, 0.1) is 5.82 Å². The Balaban J connectivity index is 2.29. The Kier molecular flexibility index (Phi) is 6.27. The van der Waals surface area contributed by atoms with Crippen molar-refractivity contribution in [1.29, 1.82) is 0 Å². The molecule has 0 atom stereocenters. The van der Waals surface area contributed by atoms with Gasteiger partial charge in [0.15, 0.2) is 11.5 Å². The highest BCUT2D eigenvalue weighted by Crippen LogP contribution is 2.38. The number of ether oxygens (including phenoxy) is 2. The van der Waals surface area contributed by atoms with Gasteiger partial charge in [-0.2, -0.15) is 0 Å². The molecular weight excluding hydrogens is 410 g/mol. The van der Waals surface area contributed by atoms with Crippen molar-refractivity contribution in [3.8, 4) is 11.5 Å². The van der Waals surface area contributed by atoms with Crippen LogP contribution in [0.15, 0.2) is 34.8 Å². The largest absolute Gasteiger partial charge is 0.490 e. The highest BCUT2D eigenvalue weighted by Gasteiger charge is 2.16. The molecule has 122 valence electrons. The van der Waals surface area contributed by atoms with Gasteiger partial charge in [-0.05, 0) is 58.7 Å². The third kappa shape index (κ3) is 4.59. The maximum atomic E-state index is 13.1. The smallest absolute Gasteiger partial charge is 0.252 e. The zero-order valence-corrected chi connectivity index (χ0v) is 15.1. The summed E-state index contributed by atoms with van der Waals surface area (Å²) in [4.78, 5) is 11.3. The fourth-order valence-corrected chi connectivity index (χ4v) is 2.76. The summed E-state index contributed by atoms with van der Waals surface area (Å²) in [6.45, 7) is 2.32. The summed E-state index contributed by atoms with van der Waals surface area (Å²) >= 11 is 14.8. The normalized spacial score (nSPS) is 10.5. The molecule has 0 aromatic heterocycles. The SMILES string of the molecule is CCOc1cc(C(=O)Cl)cc(Br)c1OCc1ccc(F)cc1Cl. The van der Waals surface area contributed by atoms with Crippen LogP contribution in [0.2, 0.25) is 5.02 Å². The Morgan fingerprint density at radius 1 is 1.26 bits per heavy atom. The van der Waals surface area contributed by atoms with Crippen LogP contribution in [0.1, 0.15) is 22.8 Å². The molecule has 0 amide bonds. The Hall–Kier alpha value is -1.30. The number of benzene rings is 2. The lowest BCUT2D eigenvalue weighted by Gasteiger charge is -2.15. The van der Waals surface area contributed by atoms with Gasteiger partial charge in [-0.3, -0.25) is 4.79 Å². The number of carbonyl (C=O) groups excluding carboxylic acids is 1. The van der Waals surface area contributed by atoms with Crippen molar-refractivity contribution < 1.29 is 18.7 Å². The number of hydrogen-bond acceptors (Lipinski definition) is 3. The van der Waals surface area contributed by atoms with Crippen LogP contribution >= 0.6 is 39.1 Å². The molecule has 0 spiro atoms. The molecule has 0 saturated heterocycles. The predicted molar refractivity (Wildman–Crippen MR) is 91.2 cm³/mol. The maximum Gasteiger partial charge on any atom is 0.252 e. The fraction of sp³-hybridized carbons (Fsp3) is 0.188. The van der Waals surface area contributed by atoms with E-state index in [0.29, 0.717) is 28.1 Å². The summed E-state index contributed by atoms with van der Waals surface area (Å²) in [5.74, 6) is 0.373. The van der Waals surface area contributed by atoms with Crippen molar-refractivity contribution in [2.75, 3.05) is 6.61 Å². The quantitative estimate of drug-likeness (QED) is 0.569. The van der Waals surface area contributed by atoms with Gasteiger partial charge in [0.2, 0.25) is 0 Å². The fourth-order valence-electron chi connectivity index (χ4n) is 1.87. The van der Waals surface area contributed by atoms with Gasteiger partial charge in [-0.15, -0.1) is 0 Å². The second-order valence-corrected chi connectivity index (χ2v) is 6.12. The second kappa shape index (κ2) is 7.99. The van der Waals surface area contributed by atoms with Gasteiger partial charge in [0.05, 0.1) is 16.1 Å². The van der Waals surface area contributed by atoms with Crippen LogP contribution in [0.4, 0.5) is 4.39 Å². The Labute approximate surface area is 151 Å². The van der Waals surface area contributed by atoms with E-state index in [-0.39, 0.29) is 17.2 Å². The number of carbonyl (C=O) groups is 1. The second-order valence-electron chi connectivity index (χ2n) is 4.52. The summed E-state index contributed by atoms with van der Waals surface area (Å²) in [7, 11) is 0. The lowest BCUT2D eigenvalue weighted by molar-refractivity contribution is 0.108. The molecule has 0 bridgehead atoms. The van der Waals surface area contributed by atoms with Gasteiger partial charge in [0.25, 0.3) is 5.24 Å². The van der Waals surface area contributed by atoms with Gasteiger partial charge in [0.1, 0.15) is 12.4 Å². The van der Waals surface area contributed by atoms with Crippen LogP contribution in [0.5, 0.6) is 11.5 Å². The number of halogens is 4. The molecule has 7 heteroatoms. The van der Waals surface area contributed by atoms with Crippen LogP contribution in [-0.4, -0.2) is 11.8 Å². The van der Waals surface area contributed by atoms with E-state index in [0.717, 1.165) is 0 Å². The van der Waals surface area contributed by atoms with E-state index in [1.807, 2.05) is 6.92 Å². The lowest BCUT2D eigenvalue weighted by atomic mass is 10.2. The van der Waals surface area contributed by atoms with Gasteiger partial charge in [0, 0.05) is 11.1 Å². The molecule has 2 aromatic carbocycles. The minimum Gasteiger partial charge on any atom is -0.490 e. The molecule has 0 saturated carbocycles. The molecule has 3 nitrogen and oxygen atoms in total. The van der Waals surface area contributed by atoms with Gasteiger partial charge < -0.3 is 9.47 Å². The van der Waals surface area contributed by atoms with Crippen molar-refractivity contribution in [2.24, 2.45) is 0 Å². The first-order valence-electron chi connectivity index (χ1n) is 6.65.